The largest absolute Gasteiger partial charge is 0.398 e. The quantitative estimate of drug-likeness (QED) is 0.582. The van der Waals surface area contributed by atoms with Crippen LogP contribution in [0.5, 0.6) is 0 Å². The minimum atomic E-state index is 0.792. The zero-order valence-corrected chi connectivity index (χ0v) is 9.70. The second-order valence-electron chi connectivity index (χ2n) is 2.43. The summed E-state index contributed by atoms with van der Waals surface area (Å²) in [4.78, 5) is 0. The molecule has 4 heteroatoms. The highest BCUT2D eigenvalue weighted by Gasteiger charge is 2.05. The van der Waals surface area contributed by atoms with Crippen LogP contribution in [0.15, 0.2) is 18.2 Å². The lowest BCUT2D eigenvalue weighted by molar-refractivity contribution is 1.75. The lowest BCUT2D eigenvalue weighted by Gasteiger charge is -1.96. The summed E-state index contributed by atoms with van der Waals surface area (Å²) in [5.41, 5.74) is 6.59. The lowest BCUT2D eigenvalue weighted by Crippen LogP contribution is -1.84. The van der Waals surface area contributed by atoms with Crippen LogP contribution < -0.4 is 5.73 Å². The van der Waals surface area contributed by atoms with Gasteiger partial charge >= 0.3 is 0 Å². The highest BCUT2D eigenvalue weighted by molar-refractivity contribution is 14.1. The fourth-order valence-electron chi connectivity index (χ4n) is 1.08. The number of hydrogen-bond acceptors (Lipinski definition) is 2. The fraction of sp³-hybridized carbons (Fsp3) is 0. The first-order chi connectivity index (χ1) is 5.68. The Bertz CT molecular complexity index is 399. The molecule has 0 amide bonds. The van der Waals surface area contributed by atoms with Crippen LogP contribution in [0, 0.1) is 3.57 Å². The van der Waals surface area contributed by atoms with Crippen molar-refractivity contribution in [1.29, 1.82) is 0 Å². The Labute approximate surface area is 92.7 Å². The van der Waals surface area contributed by atoms with Crippen LogP contribution in [0.1, 0.15) is 0 Å². The Morgan fingerprint density at radius 2 is 2.17 bits per heavy atom. The average Bonchev–Trinajstić information content (AvgIpc) is 2.41. The Morgan fingerprint density at radius 3 is 2.83 bits per heavy atom. The SMILES string of the molecule is Nc1ccc(I)c2cc(Cl)sc12. The van der Waals surface area contributed by atoms with Crippen LogP contribution in [-0.2, 0) is 0 Å². The summed E-state index contributed by atoms with van der Waals surface area (Å²) in [5, 5.41) is 1.16. The van der Waals surface area contributed by atoms with Gasteiger partial charge < -0.3 is 5.73 Å². The van der Waals surface area contributed by atoms with E-state index < -0.39 is 0 Å². The van der Waals surface area contributed by atoms with Gasteiger partial charge in [-0.25, -0.2) is 0 Å². The molecule has 2 rings (SSSR count). The van der Waals surface area contributed by atoms with E-state index in [-0.39, 0.29) is 0 Å². The van der Waals surface area contributed by atoms with Crippen LogP contribution in [0.25, 0.3) is 10.1 Å². The molecule has 0 bridgehead atoms. The summed E-state index contributed by atoms with van der Waals surface area (Å²) in [7, 11) is 0. The van der Waals surface area contributed by atoms with Gasteiger partial charge in [0.25, 0.3) is 0 Å². The van der Waals surface area contributed by atoms with Gasteiger partial charge in [-0.3, -0.25) is 0 Å². The van der Waals surface area contributed by atoms with Gasteiger partial charge in [0.1, 0.15) is 0 Å². The molecule has 0 saturated heterocycles. The van der Waals surface area contributed by atoms with Gasteiger partial charge in [-0.2, -0.15) is 0 Å². The lowest BCUT2D eigenvalue weighted by atomic mass is 10.2. The van der Waals surface area contributed by atoms with E-state index in [9.17, 15) is 0 Å². The molecule has 1 nitrogen and oxygen atoms in total. The van der Waals surface area contributed by atoms with E-state index in [1.54, 1.807) is 0 Å². The Hall–Kier alpha value is -0.000000000000000139. The molecule has 1 heterocycles. The van der Waals surface area contributed by atoms with Gasteiger partial charge in [0.05, 0.1) is 9.04 Å². The van der Waals surface area contributed by atoms with E-state index in [4.69, 9.17) is 17.3 Å². The molecule has 0 aliphatic carbocycles. The molecule has 0 aliphatic heterocycles. The molecular formula is C8H5ClINS. The number of benzene rings is 1. The second-order valence-corrected chi connectivity index (χ2v) is 5.28. The minimum absolute atomic E-state index is 0.792. The van der Waals surface area contributed by atoms with Gasteiger partial charge in [-0.1, -0.05) is 11.6 Å². The smallest absolute Gasteiger partial charge is 0.0942 e. The summed E-state index contributed by atoms with van der Waals surface area (Å²) in [5.74, 6) is 0. The molecule has 0 atom stereocenters. The Morgan fingerprint density at radius 1 is 1.42 bits per heavy atom. The Kier molecular flexibility index (Phi) is 2.18. The fourth-order valence-corrected chi connectivity index (χ4v) is 3.05. The van der Waals surface area contributed by atoms with Gasteiger partial charge in [-0.05, 0) is 40.8 Å². The van der Waals surface area contributed by atoms with Crippen molar-refractivity contribution >= 4 is 61.3 Å². The first-order valence-electron chi connectivity index (χ1n) is 3.31. The second kappa shape index (κ2) is 3.05. The number of halogens is 2. The van der Waals surface area contributed by atoms with E-state index in [1.807, 2.05) is 18.2 Å². The third-order valence-corrected chi connectivity index (χ3v) is 3.88. The number of nitrogen functional groups attached to an aromatic ring is 1. The molecule has 2 N–H and O–H groups in total. The highest BCUT2D eigenvalue weighted by Crippen LogP contribution is 2.35. The van der Waals surface area contributed by atoms with Crippen molar-refractivity contribution in [1.82, 2.24) is 0 Å². The normalized spacial score (nSPS) is 10.8. The molecule has 2 aromatic rings. The molecule has 0 unspecified atom stereocenters. The topological polar surface area (TPSA) is 26.0 Å². The summed E-state index contributed by atoms with van der Waals surface area (Å²) < 4.78 is 3.08. The van der Waals surface area contributed by atoms with Crippen molar-refractivity contribution in [2.45, 2.75) is 0 Å². The third-order valence-electron chi connectivity index (χ3n) is 1.63. The molecule has 12 heavy (non-hydrogen) atoms. The van der Waals surface area contributed by atoms with Crippen LogP contribution in [-0.4, -0.2) is 0 Å². The molecule has 1 aromatic heterocycles. The van der Waals surface area contributed by atoms with Crippen molar-refractivity contribution in [3.8, 4) is 0 Å². The summed E-state index contributed by atoms with van der Waals surface area (Å²) >= 11 is 9.70. The summed E-state index contributed by atoms with van der Waals surface area (Å²) in [6, 6.07) is 5.87. The maximum absolute atomic E-state index is 5.89. The molecule has 0 aliphatic rings. The van der Waals surface area contributed by atoms with E-state index >= 15 is 0 Å². The molecule has 0 saturated carbocycles. The standard InChI is InChI=1S/C8H5ClINS/c9-7-3-4-5(10)1-2-6(11)8(4)12-7/h1-3H,11H2. The van der Waals surface area contributed by atoms with Crippen molar-refractivity contribution in [3.63, 3.8) is 0 Å². The molecule has 0 radical (unpaired) electrons. The zero-order chi connectivity index (χ0) is 8.72. The van der Waals surface area contributed by atoms with E-state index in [0.717, 1.165) is 20.1 Å². The van der Waals surface area contributed by atoms with Gasteiger partial charge in [0.2, 0.25) is 0 Å². The van der Waals surface area contributed by atoms with Crippen LogP contribution in [0.3, 0.4) is 0 Å². The monoisotopic (exact) mass is 309 g/mol. The molecule has 62 valence electrons. The average molecular weight is 310 g/mol. The van der Waals surface area contributed by atoms with E-state index in [0.29, 0.717) is 0 Å². The first kappa shape index (κ1) is 8.59. The van der Waals surface area contributed by atoms with Crippen molar-refractivity contribution in [2.24, 2.45) is 0 Å². The van der Waals surface area contributed by atoms with Crippen molar-refractivity contribution in [3.05, 3.63) is 26.1 Å². The zero-order valence-electron chi connectivity index (χ0n) is 5.97. The van der Waals surface area contributed by atoms with Gasteiger partial charge in [0.15, 0.2) is 0 Å². The number of hydrogen-bond donors (Lipinski definition) is 1. The number of fused-ring (bicyclic) bond motifs is 1. The summed E-state index contributed by atoms with van der Waals surface area (Å²) in [6.45, 7) is 0. The van der Waals surface area contributed by atoms with Crippen molar-refractivity contribution < 1.29 is 0 Å². The molecule has 0 fully saturated rings. The molecule has 1 aromatic carbocycles. The number of thiophene rings is 1. The third kappa shape index (κ3) is 1.30. The maximum atomic E-state index is 5.89. The summed E-state index contributed by atoms with van der Waals surface area (Å²) in [6.07, 6.45) is 0. The van der Waals surface area contributed by atoms with Gasteiger partial charge in [0, 0.05) is 14.6 Å². The van der Waals surface area contributed by atoms with Gasteiger partial charge in [-0.15, -0.1) is 11.3 Å². The van der Waals surface area contributed by atoms with Crippen molar-refractivity contribution in [2.75, 3.05) is 5.73 Å². The number of nitrogens with two attached hydrogens (primary N) is 1. The minimum Gasteiger partial charge on any atom is -0.398 e. The predicted molar refractivity (Wildman–Crippen MR) is 64.0 cm³/mol. The molecular weight excluding hydrogens is 305 g/mol. The van der Waals surface area contributed by atoms with Crippen LogP contribution in [0.4, 0.5) is 5.69 Å². The molecule has 0 spiro atoms. The number of anilines is 1. The highest BCUT2D eigenvalue weighted by atomic mass is 127. The first-order valence-corrected chi connectivity index (χ1v) is 5.59. The number of rotatable bonds is 0. The van der Waals surface area contributed by atoms with E-state index in [1.165, 1.54) is 14.9 Å². The predicted octanol–water partition coefficient (Wildman–Crippen LogP) is 3.74. The maximum Gasteiger partial charge on any atom is 0.0942 e. The van der Waals surface area contributed by atoms with Crippen LogP contribution >= 0.6 is 45.5 Å². The van der Waals surface area contributed by atoms with Crippen LogP contribution in [0.2, 0.25) is 4.34 Å². The van der Waals surface area contributed by atoms with E-state index in [2.05, 4.69) is 22.6 Å². The Balaban J connectivity index is 2.93.